The van der Waals surface area contributed by atoms with Crippen molar-refractivity contribution in [1.82, 2.24) is 9.78 Å². The van der Waals surface area contributed by atoms with E-state index < -0.39 is 12.1 Å². The molecular formula is C16H27N3O4. The van der Waals surface area contributed by atoms with Crippen LogP contribution in [-0.2, 0) is 16.5 Å². The van der Waals surface area contributed by atoms with Crippen LogP contribution in [0.1, 0.15) is 56.8 Å². The van der Waals surface area contributed by atoms with Crippen LogP contribution in [-0.4, -0.2) is 35.1 Å². The Morgan fingerprint density at radius 2 is 2.04 bits per heavy atom. The van der Waals surface area contributed by atoms with Crippen molar-refractivity contribution in [3.8, 4) is 0 Å². The fraction of sp³-hybridized carbons (Fsp3) is 0.688. The molecule has 7 heteroatoms. The van der Waals surface area contributed by atoms with Gasteiger partial charge in [-0.3, -0.25) is 10.00 Å². The van der Waals surface area contributed by atoms with E-state index in [4.69, 9.17) is 9.47 Å². The Labute approximate surface area is 137 Å². The highest BCUT2D eigenvalue weighted by Crippen LogP contribution is 2.17. The summed E-state index contributed by atoms with van der Waals surface area (Å²) < 4.78 is 11.6. The fourth-order valence-corrected chi connectivity index (χ4v) is 2.17. The maximum Gasteiger partial charge on any atom is 0.412 e. The maximum atomic E-state index is 12.0. The van der Waals surface area contributed by atoms with E-state index in [9.17, 15) is 9.59 Å². The molecule has 0 saturated carbocycles. The highest BCUT2D eigenvalue weighted by Gasteiger charge is 2.20. The zero-order valence-corrected chi connectivity index (χ0v) is 14.4. The van der Waals surface area contributed by atoms with Gasteiger partial charge in [0.2, 0.25) is 0 Å². The van der Waals surface area contributed by atoms with Gasteiger partial charge in [0, 0.05) is 7.05 Å². The first kappa shape index (κ1) is 19.0. The lowest BCUT2D eigenvalue weighted by Crippen LogP contribution is -2.21. The monoisotopic (exact) mass is 325 g/mol. The summed E-state index contributed by atoms with van der Waals surface area (Å²) in [6, 6.07) is 0. The lowest BCUT2D eigenvalue weighted by molar-refractivity contribution is 0.0527. The lowest BCUT2D eigenvalue weighted by Gasteiger charge is -2.15. The van der Waals surface area contributed by atoms with Crippen LogP contribution >= 0.6 is 0 Å². The van der Waals surface area contributed by atoms with Crippen molar-refractivity contribution < 1.29 is 19.1 Å². The average molecular weight is 325 g/mol. The summed E-state index contributed by atoms with van der Waals surface area (Å²) >= 11 is 0. The number of anilines is 1. The molecule has 1 atom stereocenters. The molecule has 0 aliphatic carbocycles. The molecule has 1 heterocycles. The predicted octanol–water partition coefficient (Wildman–Crippen LogP) is 3.36. The largest absolute Gasteiger partial charge is 0.462 e. The summed E-state index contributed by atoms with van der Waals surface area (Å²) in [6.45, 7) is 6.57. The lowest BCUT2D eigenvalue weighted by atomic mass is 10.0. The zero-order valence-electron chi connectivity index (χ0n) is 14.4. The van der Waals surface area contributed by atoms with Crippen molar-refractivity contribution in [2.75, 3.05) is 18.5 Å². The maximum absolute atomic E-state index is 12.0. The van der Waals surface area contributed by atoms with Crippen LogP contribution in [0.25, 0.3) is 0 Å². The van der Waals surface area contributed by atoms with Crippen LogP contribution in [0.4, 0.5) is 10.6 Å². The molecule has 0 saturated heterocycles. The van der Waals surface area contributed by atoms with Crippen LogP contribution in [0.3, 0.4) is 0 Å². The SMILES string of the molecule is CCCCC(CC)COC(=O)Nc1c(C(=O)OCC)cnn1C. The molecule has 0 radical (unpaired) electrons. The summed E-state index contributed by atoms with van der Waals surface area (Å²) in [7, 11) is 1.63. The minimum Gasteiger partial charge on any atom is -0.462 e. The van der Waals surface area contributed by atoms with Crippen LogP contribution < -0.4 is 5.32 Å². The van der Waals surface area contributed by atoms with Crippen molar-refractivity contribution in [2.45, 2.75) is 46.5 Å². The van der Waals surface area contributed by atoms with Gasteiger partial charge in [-0.2, -0.15) is 5.10 Å². The fourth-order valence-electron chi connectivity index (χ4n) is 2.17. The van der Waals surface area contributed by atoms with Gasteiger partial charge in [-0.1, -0.05) is 33.1 Å². The van der Waals surface area contributed by atoms with E-state index in [-0.39, 0.29) is 18.0 Å². The number of carbonyl (C=O) groups excluding carboxylic acids is 2. The quantitative estimate of drug-likeness (QED) is 0.704. The van der Waals surface area contributed by atoms with E-state index in [1.807, 2.05) is 0 Å². The number of nitrogens with zero attached hydrogens (tertiary/aromatic N) is 2. The number of hydrogen-bond donors (Lipinski definition) is 1. The number of aryl methyl sites for hydroxylation is 1. The van der Waals surface area contributed by atoms with E-state index in [2.05, 4.69) is 24.3 Å². The molecule has 1 rings (SSSR count). The number of esters is 1. The second kappa shape index (κ2) is 9.86. The molecule has 1 unspecified atom stereocenters. The van der Waals surface area contributed by atoms with Gasteiger partial charge in [0.1, 0.15) is 11.4 Å². The Bertz CT molecular complexity index is 513. The highest BCUT2D eigenvalue weighted by molar-refractivity contribution is 5.98. The summed E-state index contributed by atoms with van der Waals surface area (Å²) in [5.74, 6) is 0.108. The van der Waals surface area contributed by atoms with E-state index >= 15 is 0 Å². The smallest absolute Gasteiger partial charge is 0.412 e. The Hall–Kier alpha value is -2.05. The molecule has 7 nitrogen and oxygen atoms in total. The van der Waals surface area contributed by atoms with Gasteiger partial charge in [-0.25, -0.2) is 9.59 Å². The number of hydrogen-bond acceptors (Lipinski definition) is 5. The number of amides is 1. The van der Waals surface area contributed by atoms with Gasteiger partial charge in [0.05, 0.1) is 19.4 Å². The molecule has 0 spiro atoms. The van der Waals surface area contributed by atoms with E-state index in [0.717, 1.165) is 25.7 Å². The average Bonchev–Trinajstić information content (AvgIpc) is 2.89. The zero-order chi connectivity index (χ0) is 17.2. The van der Waals surface area contributed by atoms with E-state index in [0.29, 0.717) is 12.5 Å². The first-order chi connectivity index (χ1) is 11.0. The number of ether oxygens (including phenoxy) is 2. The number of rotatable bonds is 9. The van der Waals surface area contributed by atoms with Crippen LogP contribution in [0.2, 0.25) is 0 Å². The minimum absolute atomic E-state index is 0.212. The van der Waals surface area contributed by atoms with Gasteiger partial charge in [0.15, 0.2) is 0 Å². The standard InChI is InChI=1S/C16H27N3O4/c1-5-8-9-12(6-2)11-23-16(21)18-14-13(10-17-19(14)4)15(20)22-7-3/h10,12H,5-9,11H2,1-4H3,(H,18,21). The summed E-state index contributed by atoms with van der Waals surface area (Å²) in [4.78, 5) is 23.8. The Morgan fingerprint density at radius 3 is 2.65 bits per heavy atom. The summed E-state index contributed by atoms with van der Waals surface area (Å²) in [6.07, 6.45) is 5.03. The van der Waals surface area contributed by atoms with Crippen molar-refractivity contribution in [3.63, 3.8) is 0 Å². The molecule has 1 N–H and O–H groups in total. The molecule has 130 valence electrons. The molecule has 1 aromatic heterocycles. The highest BCUT2D eigenvalue weighted by atomic mass is 16.5. The number of unbranched alkanes of at least 4 members (excludes halogenated alkanes) is 1. The minimum atomic E-state index is -0.589. The van der Waals surface area contributed by atoms with Crippen molar-refractivity contribution in [3.05, 3.63) is 11.8 Å². The second-order valence-electron chi connectivity index (χ2n) is 5.39. The Kier molecular flexibility index (Phi) is 8.15. The normalized spacial score (nSPS) is 11.8. The second-order valence-corrected chi connectivity index (χ2v) is 5.39. The molecule has 0 aliphatic heterocycles. The van der Waals surface area contributed by atoms with Crippen LogP contribution in [0, 0.1) is 5.92 Å². The van der Waals surface area contributed by atoms with Gasteiger partial charge >= 0.3 is 12.1 Å². The van der Waals surface area contributed by atoms with Crippen molar-refractivity contribution >= 4 is 17.9 Å². The molecule has 0 aliphatic rings. The molecule has 0 fully saturated rings. The first-order valence-electron chi connectivity index (χ1n) is 8.16. The number of nitrogens with one attached hydrogen (secondary N) is 1. The first-order valence-corrected chi connectivity index (χ1v) is 8.16. The van der Waals surface area contributed by atoms with Crippen LogP contribution in [0.15, 0.2) is 6.20 Å². The third-order valence-electron chi connectivity index (χ3n) is 3.65. The van der Waals surface area contributed by atoms with Gasteiger partial charge in [0.25, 0.3) is 0 Å². The predicted molar refractivity (Wildman–Crippen MR) is 87.4 cm³/mol. The van der Waals surface area contributed by atoms with Gasteiger partial charge < -0.3 is 9.47 Å². The number of carbonyl (C=O) groups is 2. The molecule has 1 amide bonds. The third-order valence-corrected chi connectivity index (χ3v) is 3.65. The Morgan fingerprint density at radius 1 is 1.30 bits per heavy atom. The summed E-state index contributed by atoms with van der Waals surface area (Å²) in [5.41, 5.74) is 0.212. The topological polar surface area (TPSA) is 82.4 Å². The van der Waals surface area contributed by atoms with Gasteiger partial charge in [-0.15, -0.1) is 0 Å². The summed E-state index contributed by atoms with van der Waals surface area (Å²) in [5, 5.41) is 6.54. The molecule has 23 heavy (non-hydrogen) atoms. The molecule has 0 bridgehead atoms. The Balaban J connectivity index is 2.60. The van der Waals surface area contributed by atoms with Crippen molar-refractivity contribution in [2.24, 2.45) is 13.0 Å². The number of aromatic nitrogens is 2. The van der Waals surface area contributed by atoms with Crippen molar-refractivity contribution in [1.29, 1.82) is 0 Å². The molecular weight excluding hydrogens is 298 g/mol. The van der Waals surface area contributed by atoms with E-state index in [1.165, 1.54) is 10.9 Å². The van der Waals surface area contributed by atoms with Gasteiger partial charge in [-0.05, 0) is 19.3 Å². The molecule has 0 aromatic carbocycles. The van der Waals surface area contributed by atoms with E-state index in [1.54, 1.807) is 14.0 Å². The molecule has 1 aromatic rings. The van der Waals surface area contributed by atoms with Crippen LogP contribution in [0.5, 0.6) is 0 Å². The third kappa shape index (κ3) is 5.92.